The number of carbonyl (C=O) groups is 1. The van der Waals surface area contributed by atoms with Crippen LogP contribution < -0.4 is 14.8 Å². The van der Waals surface area contributed by atoms with E-state index in [4.69, 9.17) is 9.47 Å². The van der Waals surface area contributed by atoms with Crippen LogP contribution in [0.2, 0.25) is 0 Å². The molecule has 0 saturated carbocycles. The molecule has 0 atom stereocenters. The maximum Gasteiger partial charge on any atom is 0.226 e. The second-order valence-electron chi connectivity index (χ2n) is 6.48. The Morgan fingerprint density at radius 1 is 1.12 bits per heavy atom. The molecule has 0 bridgehead atoms. The monoisotopic (exact) mass is 358 g/mol. The largest absolute Gasteiger partial charge is 0.490 e. The Kier molecular flexibility index (Phi) is 4.88. The third-order valence-corrected chi connectivity index (χ3v) is 5.62. The molecule has 6 heteroatoms. The van der Waals surface area contributed by atoms with E-state index in [-0.39, 0.29) is 5.91 Å². The SMILES string of the molecule is O=C(CCc1ccc2c(c1)OCCCO2)Nc1nc2c(s1)CCCC2. The summed E-state index contributed by atoms with van der Waals surface area (Å²) in [6.45, 7) is 1.36. The van der Waals surface area contributed by atoms with Crippen molar-refractivity contribution >= 4 is 22.4 Å². The molecule has 2 aliphatic rings. The van der Waals surface area contributed by atoms with Crippen LogP contribution in [0.3, 0.4) is 0 Å². The average molecular weight is 358 g/mol. The van der Waals surface area contributed by atoms with Crippen LogP contribution in [-0.4, -0.2) is 24.1 Å². The van der Waals surface area contributed by atoms with Crippen LogP contribution in [0.15, 0.2) is 18.2 Å². The lowest BCUT2D eigenvalue weighted by molar-refractivity contribution is -0.116. The third kappa shape index (κ3) is 3.95. The van der Waals surface area contributed by atoms with Gasteiger partial charge in [0.05, 0.1) is 18.9 Å². The van der Waals surface area contributed by atoms with E-state index in [0.29, 0.717) is 26.1 Å². The van der Waals surface area contributed by atoms with Gasteiger partial charge in [0.15, 0.2) is 16.6 Å². The Morgan fingerprint density at radius 2 is 1.96 bits per heavy atom. The fourth-order valence-electron chi connectivity index (χ4n) is 3.21. The highest BCUT2D eigenvalue weighted by Crippen LogP contribution is 2.31. The van der Waals surface area contributed by atoms with E-state index in [1.165, 1.54) is 23.4 Å². The molecule has 2 heterocycles. The number of ether oxygens (including phenoxy) is 2. The number of hydrogen-bond acceptors (Lipinski definition) is 5. The van der Waals surface area contributed by atoms with Gasteiger partial charge in [-0.25, -0.2) is 4.98 Å². The maximum atomic E-state index is 12.2. The Labute approximate surface area is 151 Å². The molecule has 5 nitrogen and oxygen atoms in total. The first-order valence-corrected chi connectivity index (χ1v) is 9.76. The van der Waals surface area contributed by atoms with Crippen molar-refractivity contribution in [1.82, 2.24) is 4.98 Å². The third-order valence-electron chi connectivity index (χ3n) is 4.54. The summed E-state index contributed by atoms with van der Waals surface area (Å²) in [5, 5.41) is 3.70. The second-order valence-corrected chi connectivity index (χ2v) is 7.56. The number of anilines is 1. The van der Waals surface area contributed by atoms with Crippen molar-refractivity contribution in [2.45, 2.75) is 44.9 Å². The minimum atomic E-state index is 0.0122. The highest BCUT2D eigenvalue weighted by Gasteiger charge is 2.16. The number of thiazole rings is 1. The average Bonchev–Trinajstić information content (AvgIpc) is 2.88. The number of fused-ring (bicyclic) bond motifs is 2. The predicted molar refractivity (Wildman–Crippen MR) is 97.8 cm³/mol. The van der Waals surface area contributed by atoms with E-state index in [9.17, 15) is 4.79 Å². The van der Waals surface area contributed by atoms with Crippen LogP contribution in [0.5, 0.6) is 11.5 Å². The summed E-state index contributed by atoms with van der Waals surface area (Å²) >= 11 is 1.63. The number of nitrogens with one attached hydrogen (secondary N) is 1. The number of amides is 1. The highest BCUT2D eigenvalue weighted by atomic mass is 32.1. The fraction of sp³-hybridized carbons (Fsp3) is 0.474. The zero-order valence-corrected chi connectivity index (χ0v) is 15.0. The van der Waals surface area contributed by atoms with Gasteiger partial charge in [-0.15, -0.1) is 11.3 Å². The molecule has 4 rings (SSSR count). The summed E-state index contributed by atoms with van der Waals surface area (Å²) in [6.07, 6.45) is 6.57. The first-order valence-electron chi connectivity index (χ1n) is 8.95. The Bertz CT molecular complexity index is 749. The normalized spacial score (nSPS) is 16.0. The van der Waals surface area contributed by atoms with Crippen molar-refractivity contribution in [3.05, 3.63) is 34.3 Å². The van der Waals surface area contributed by atoms with Gasteiger partial charge in [-0.3, -0.25) is 4.79 Å². The van der Waals surface area contributed by atoms with Gasteiger partial charge >= 0.3 is 0 Å². The van der Waals surface area contributed by atoms with Crippen molar-refractivity contribution in [1.29, 1.82) is 0 Å². The van der Waals surface area contributed by atoms with E-state index in [0.717, 1.165) is 41.5 Å². The summed E-state index contributed by atoms with van der Waals surface area (Å²) in [4.78, 5) is 18.1. The van der Waals surface area contributed by atoms with E-state index >= 15 is 0 Å². The van der Waals surface area contributed by atoms with Crippen LogP contribution in [0, 0.1) is 0 Å². The molecule has 0 saturated heterocycles. The van der Waals surface area contributed by atoms with E-state index in [1.54, 1.807) is 11.3 Å². The number of rotatable bonds is 4. The van der Waals surface area contributed by atoms with Crippen molar-refractivity contribution in [3.63, 3.8) is 0 Å². The molecule has 1 aliphatic carbocycles. The standard InChI is InChI=1S/C19H22N2O3S/c22-18(21-19-20-14-4-1-2-5-17(14)25-19)9-7-13-6-8-15-16(12-13)24-11-3-10-23-15/h6,8,12H,1-5,7,9-11H2,(H,20,21,22). The van der Waals surface area contributed by atoms with Gasteiger partial charge in [-0.2, -0.15) is 0 Å². The lowest BCUT2D eigenvalue weighted by Gasteiger charge is -2.09. The first-order chi connectivity index (χ1) is 12.3. The van der Waals surface area contributed by atoms with E-state index in [2.05, 4.69) is 10.3 Å². The topological polar surface area (TPSA) is 60.5 Å². The molecule has 1 aromatic carbocycles. The highest BCUT2D eigenvalue weighted by molar-refractivity contribution is 7.15. The predicted octanol–water partition coefficient (Wildman–Crippen LogP) is 3.75. The molecular formula is C19H22N2O3S. The molecule has 0 spiro atoms. The first kappa shape index (κ1) is 16.4. The number of nitrogens with zero attached hydrogens (tertiary/aromatic N) is 1. The fourth-order valence-corrected chi connectivity index (χ4v) is 4.27. The second kappa shape index (κ2) is 7.44. The molecule has 0 radical (unpaired) electrons. The zero-order chi connectivity index (χ0) is 17.1. The van der Waals surface area contributed by atoms with E-state index in [1.807, 2.05) is 18.2 Å². The number of aryl methyl sites for hydroxylation is 3. The van der Waals surface area contributed by atoms with Gasteiger partial charge in [-0.1, -0.05) is 6.07 Å². The Hall–Kier alpha value is -2.08. The van der Waals surface area contributed by atoms with E-state index < -0.39 is 0 Å². The van der Waals surface area contributed by atoms with Gasteiger partial charge < -0.3 is 14.8 Å². The molecule has 1 aliphatic heterocycles. The molecule has 25 heavy (non-hydrogen) atoms. The number of carbonyl (C=O) groups excluding carboxylic acids is 1. The number of aromatic nitrogens is 1. The molecule has 0 unspecified atom stereocenters. The van der Waals surface area contributed by atoms with Crippen molar-refractivity contribution in [2.75, 3.05) is 18.5 Å². The summed E-state index contributed by atoms with van der Waals surface area (Å²) < 4.78 is 11.3. The van der Waals surface area contributed by atoms with Crippen LogP contribution in [0.25, 0.3) is 0 Å². The van der Waals surface area contributed by atoms with Crippen molar-refractivity contribution in [3.8, 4) is 11.5 Å². The Balaban J connectivity index is 1.34. The number of benzene rings is 1. The van der Waals surface area contributed by atoms with Crippen LogP contribution in [-0.2, 0) is 24.1 Å². The summed E-state index contributed by atoms with van der Waals surface area (Å²) in [6, 6.07) is 5.92. The van der Waals surface area contributed by atoms with Gasteiger partial charge in [0.2, 0.25) is 5.91 Å². The molecule has 2 aromatic rings. The van der Waals surface area contributed by atoms with Crippen molar-refractivity contribution in [2.24, 2.45) is 0 Å². The van der Waals surface area contributed by atoms with Crippen molar-refractivity contribution < 1.29 is 14.3 Å². The minimum absolute atomic E-state index is 0.0122. The quantitative estimate of drug-likeness (QED) is 0.904. The van der Waals surface area contributed by atoms with Gasteiger partial charge in [0, 0.05) is 17.7 Å². The lowest BCUT2D eigenvalue weighted by Crippen LogP contribution is -2.12. The molecule has 1 amide bonds. The Morgan fingerprint density at radius 3 is 2.84 bits per heavy atom. The summed E-state index contributed by atoms with van der Waals surface area (Å²) in [5.41, 5.74) is 2.26. The lowest BCUT2D eigenvalue weighted by atomic mass is 10.0. The summed E-state index contributed by atoms with van der Waals surface area (Å²) in [7, 11) is 0. The number of hydrogen-bond donors (Lipinski definition) is 1. The minimum Gasteiger partial charge on any atom is -0.490 e. The maximum absolute atomic E-state index is 12.2. The summed E-state index contributed by atoms with van der Waals surface area (Å²) in [5.74, 6) is 1.58. The molecule has 1 aromatic heterocycles. The molecule has 1 N–H and O–H groups in total. The van der Waals surface area contributed by atoms with Crippen LogP contribution in [0.1, 0.15) is 41.8 Å². The van der Waals surface area contributed by atoms with Gasteiger partial charge in [0.1, 0.15) is 0 Å². The van der Waals surface area contributed by atoms with Crippen LogP contribution >= 0.6 is 11.3 Å². The zero-order valence-electron chi connectivity index (χ0n) is 14.2. The smallest absolute Gasteiger partial charge is 0.226 e. The molecule has 132 valence electrons. The van der Waals surface area contributed by atoms with Gasteiger partial charge in [-0.05, 0) is 49.8 Å². The molecule has 0 fully saturated rings. The van der Waals surface area contributed by atoms with Crippen LogP contribution in [0.4, 0.5) is 5.13 Å². The van der Waals surface area contributed by atoms with Gasteiger partial charge in [0.25, 0.3) is 0 Å². The molecular weight excluding hydrogens is 336 g/mol.